The molecule has 7 nitrogen and oxygen atoms in total. The molecule has 2 fully saturated rings. The molecule has 2 heterocycles. The van der Waals surface area contributed by atoms with E-state index in [-0.39, 0.29) is 30.8 Å². The molecule has 1 N–H and O–H groups in total. The van der Waals surface area contributed by atoms with E-state index in [2.05, 4.69) is 5.32 Å². The van der Waals surface area contributed by atoms with Crippen LogP contribution in [0.2, 0.25) is 0 Å². The maximum absolute atomic E-state index is 13.1. The number of piperidine rings is 1. The second kappa shape index (κ2) is 10.5. The zero-order valence-corrected chi connectivity index (χ0v) is 19.3. The van der Waals surface area contributed by atoms with Gasteiger partial charge in [0.15, 0.2) is 0 Å². The first kappa shape index (κ1) is 22.8. The summed E-state index contributed by atoms with van der Waals surface area (Å²) in [6, 6.07) is 15.2. The fraction of sp³-hybridized carbons (Fsp3) is 0.423. The molecule has 0 spiro atoms. The summed E-state index contributed by atoms with van der Waals surface area (Å²) < 4.78 is 0. The first-order valence-electron chi connectivity index (χ1n) is 11.8. The van der Waals surface area contributed by atoms with Crippen LogP contribution in [0.5, 0.6) is 0 Å². The number of hydrogen-bond donors (Lipinski definition) is 1. The van der Waals surface area contributed by atoms with E-state index in [9.17, 15) is 14.4 Å². The lowest BCUT2D eigenvalue weighted by Gasteiger charge is -2.31. The zero-order chi connectivity index (χ0) is 23.2. The topological polar surface area (TPSA) is 73.0 Å². The molecular formula is C26H32N4O3. The van der Waals surface area contributed by atoms with Gasteiger partial charge in [-0.2, -0.15) is 0 Å². The fourth-order valence-electron chi connectivity index (χ4n) is 4.48. The lowest BCUT2D eigenvalue weighted by Crippen LogP contribution is -2.45. The molecule has 0 radical (unpaired) electrons. The molecule has 2 aromatic carbocycles. The Bertz CT molecular complexity index is 999. The number of aryl methyl sites for hydroxylation is 1. The van der Waals surface area contributed by atoms with Crippen molar-refractivity contribution in [2.45, 2.75) is 39.0 Å². The monoisotopic (exact) mass is 448 g/mol. The molecule has 2 aliphatic heterocycles. The second-order valence-corrected chi connectivity index (χ2v) is 8.85. The standard InChI is InChI=1S/C26H32N4O3/c1-20-11-13-21(14-12-20)29(19-26(33)28-15-5-2-6-16-28)18-24(31)27-22-8-3-4-9-23(22)30-17-7-10-25(30)32/h3-4,8-9,11-14H,2,5-7,10,15-19H2,1H3,(H,27,31). The number of carbonyl (C=O) groups is 3. The van der Waals surface area contributed by atoms with E-state index in [1.807, 2.05) is 65.3 Å². The van der Waals surface area contributed by atoms with E-state index in [0.717, 1.165) is 55.7 Å². The van der Waals surface area contributed by atoms with Gasteiger partial charge in [-0.3, -0.25) is 14.4 Å². The molecule has 3 amide bonds. The average Bonchev–Trinajstić information content (AvgIpc) is 3.25. The summed E-state index contributed by atoms with van der Waals surface area (Å²) in [5.41, 5.74) is 3.29. The fourth-order valence-corrected chi connectivity index (χ4v) is 4.48. The highest BCUT2D eigenvalue weighted by Crippen LogP contribution is 2.29. The minimum atomic E-state index is -0.221. The SMILES string of the molecule is Cc1ccc(N(CC(=O)Nc2ccccc2N2CCCC2=O)CC(=O)N2CCCCC2)cc1. The van der Waals surface area contributed by atoms with Crippen LogP contribution in [0.3, 0.4) is 0 Å². The third-order valence-corrected chi connectivity index (χ3v) is 6.31. The van der Waals surface area contributed by atoms with Crippen LogP contribution in [0.1, 0.15) is 37.7 Å². The largest absolute Gasteiger partial charge is 0.353 e. The Balaban J connectivity index is 1.49. The number of hydrogen-bond acceptors (Lipinski definition) is 4. The molecule has 0 bridgehead atoms. The predicted molar refractivity (Wildman–Crippen MR) is 130 cm³/mol. The Morgan fingerprint density at radius 3 is 2.33 bits per heavy atom. The van der Waals surface area contributed by atoms with E-state index in [4.69, 9.17) is 0 Å². The highest BCUT2D eigenvalue weighted by atomic mass is 16.2. The van der Waals surface area contributed by atoms with Crippen molar-refractivity contribution in [3.05, 3.63) is 54.1 Å². The highest BCUT2D eigenvalue weighted by molar-refractivity contribution is 6.03. The van der Waals surface area contributed by atoms with Gasteiger partial charge in [-0.1, -0.05) is 29.8 Å². The molecule has 0 saturated carbocycles. The number of nitrogens with zero attached hydrogens (tertiary/aromatic N) is 3. The van der Waals surface area contributed by atoms with Gasteiger partial charge in [-0.15, -0.1) is 0 Å². The Hall–Kier alpha value is -3.35. The van der Waals surface area contributed by atoms with Crippen molar-refractivity contribution in [2.75, 3.05) is 47.8 Å². The van der Waals surface area contributed by atoms with E-state index < -0.39 is 0 Å². The van der Waals surface area contributed by atoms with E-state index in [1.165, 1.54) is 0 Å². The Morgan fingerprint density at radius 2 is 1.64 bits per heavy atom. The van der Waals surface area contributed by atoms with Crippen LogP contribution in [0.25, 0.3) is 0 Å². The van der Waals surface area contributed by atoms with Gasteiger partial charge in [0.1, 0.15) is 0 Å². The first-order chi connectivity index (χ1) is 16.0. The minimum Gasteiger partial charge on any atom is -0.353 e. The first-order valence-corrected chi connectivity index (χ1v) is 11.8. The molecule has 0 unspecified atom stereocenters. The normalized spacial score (nSPS) is 16.1. The molecule has 2 aromatic rings. The van der Waals surface area contributed by atoms with Crippen LogP contribution < -0.4 is 15.1 Å². The summed E-state index contributed by atoms with van der Waals surface area (Å²) in [6.45, 7) is 4.43. The molecule has 33 heavy (non-hydrogen) atoms. The van der Waals surface area contributed by atoms with Crippen LogP contribution in [0.15, 0.2) is 48.5 Å². The Labute approximate surface area is 195 Å². The molecule has 2 saturated heterocycles. The van der Waals surface area contributed by atoms with E-state index in [0.29, 0.717) is 18.7 Å². The summed E-state index contributed by atoms with van der Waals surface area (Å²) in [4.78, 5) is 43.7. The van der Waals surface area contributed by atoms with E-state index in [1.54, 1.807) is 4.90 Å². The molecule has 0 aromatic heterocycles. The van der Waals surface area contributed by atoms with Crippen LogP contribution in [-0.2, 0) is 14.4 Å². The van der Waals surface area contributed by atoms with Gasteiger partial charge in [0.05, 0.1) is 24.5 Å². The van der Waals surface area contributed by atoms with Crippen LogP contribution in [0, 0.1) is 6.92 Å². The van der Waals surface area contributed by atoms with E-state index >= 15 is 0 Å². The smallest absolute Gasteiger partial charge is 0.243 e. The number of carbonyl (C=O) groups excluding carboxylic acids is 3. The van der Waals surface area contributed by atoms with Crippen molar-refractivity contribution in [1.29, 1.82) is 0 Å². The number of rotatable bonds is 7. The lowest BCUT2D eigenvalue weighted by molar-refractivity contribution is -0.130. The summed E-state index contributed by atoms with van der Waals surface area (Å²) >= 11 is 0. The van der Waals surface area contributed by atoms with Crippen molar-refractivity contribution in [2.24, 2.45) is 0 Å². The molecule has 4 rings (SSSR count). The van der Waals surface area contributed by atoms with Gasteiger partial charge in [0, 0.05) is 31.7 Å². The van der Waals surface area contributed by atoms with Crippen LogP contribution >= 0.6 is 0 Å². The van der Waals surface area contributed by atoms with Crippen LogP contribution in [-0.4, -0.2) is 55.3 Å². The molecule has 7 heteroatoms. The average molecular weight is 449 g/mol. The summed E-state index contributed by atoms with van der Waals surface area (Å²) in [5, 5.41) is 2.97. The zero-order valence-electron chi connectivity index (χ0n) is 19.3. The van der Waals surface area contributed by atoms with Gasteiger partial charge in [-0.05, 0) is 56.9 Å². The molecule has 2 aliphatic rings. The van der Waals surface area contributed by atoms with Gasteiger partial charge in [-0.25, -0.2) is 0 Å². The summed E-state index contributed by atoms with van der Waals surface area (Å²) in [5.74, 6) is -0.0997. The quantitative estimate of drug-likeness (QED) is 0.703. The molecule has 174 valence electrons. The van der Waals surface area contributed by atoms with Gasteiger partial charge in [0.2, 0.25) is 17.7 Å². The Kier molecular flexibility index (Phi) is 7.27. The minimum absolute atomic E-state index is 0.0465. The van der Waals surface area contributed by atoms with Crippen molar-refractivity contribution in [1.82, 2.24) is 4.90 Å². The van der Waals surface area contributed by atoms with Gasteiger partial charge in [0.25, 0.3) is 0 Å². The van der Waals surface area contributed by atoms with Crippen LogP contribution in [0.4, 0.5) is 17.1 Å². The second-order valence-electron chi connectivity index (χ2n) is 8.85. The van der Waals surface area contributed by atoms with Crippen molar-refractivity contribution >= 4 is 34.8 Å². The third kappa shape index (κ3) is 5.72. The number of nitrogens with one attached hydrogen (secondary N) is 1. The number of likely N-dealkylation sites (tertiary alicyclic amines) is 1. The number of amides is 3. The third-order valence-electron chi connectivity index (χ3n) is 6.31. The molecular weight excluding hydrogens is 416 g/mol. The highest BCUT2D eigenvalue weighted by Gasteiger charge is 2.25. The van der Waals surface area contributed by atoms with Crippen molar-refractivity contribution < 1.29 is 14.4 Å². The van der Waals surface area contributed by atoms with Gasteiger partial charge >= 0.3 is 0 Å². The Morgan fingerprint density at radius 1 is 0.909 bits per heavy atom. The number of para-hydroxylation sites is 2. The number of benzene rings is 2. The maximum Gasteiger partial charge on any atom is 0.243 e. The summed E-state index contributed by atoms with van der Waals surface area (Å²) in [6.07, 6.45) is 4.57. The maximum atomic E-state index is 13.1. The summed E-state index contributed by atoms with van der Waals surface area (Å²) in [7, 11) is 0. The van der Waals surface area contributed by atoms with Crippen molar-refractivity contribution in [3.8, 4) is 0 Å². The van der Waals surface area contributed by atoms with Gasteiger partial charge < -0.3 is 20.0 Å². The number of anilines is 3. The molecule has 0 aliphatic carbocycles. The predicted octanol–water partition coefficient (Wildman–Crippen LogP) is 3.58. The lowest BCUT2D eigenvalue weighted by atomic mass is 10.1. The van der Waals surface area contributed by atoms with Crippen molar-refractivity contribution in [3.63, 3.8) is 0 Å². The molecule has 0 atom stereocenters.